The lowest BCUT2D eigenvalue weighted by Gasteiger charge is -2.19. The minimum absolute atomic E-state index is 0.00840. The molecule has 0 aliphatic rings. The molecule has 2 aromatic carbocycles. The number of nitrogens with zero attached hydrogens (tertiary/aromatic N) is 3. The summed E-state index contributed by atoms with van der Waals surface area (Å²) in [5.41, 5.74) is -0.468. The van der Waals surface area contributed by atoms with Crippen molar-refractivity contribution in [1.29, 1.82) is 0 Å². The first kappa shape index (κ1) is 23.5. The summed E-state index contributed by atoms with van der Waals surface area (Å²) >= 11 is 1.12. The van der Waals surface area contributed by atoms with Gasteiger partial charge in [-0.05, 0) is 45.0 Å². The lowest BCUT2D eigenvalue weighted by molar-refractivity contribution is -0.113. The molecule has 1 aromatic heterocycles. The van der Waals surface area contributed by atoms with E-state index >= 15 is 0 Å². The molecule has 32 heavy (non-hydrogen) atoms. The van der Waals surface area contributed by atoms with Crippen LogP contribution in [-0.4, -0.2) is 33.5 Å². The highest BCUT2D eigenvalue weighted by Crippen LogP contribution is 2.29. The number of rotatable bonds is 9. The number of hydrogen-bond donors (Lipinski definition) is 1. The number of para-hydroxylation sites is 1. The summed E-state index contributed by atoms with van der Waals surface area (Å²) in [5.74, 6) is -0.433. The van der Waals surface area contributed by atoms with Crippen LogP contribution in [0.1, 0.15) is 38.7 Å². The van der Waals surface area contributed by atoms with E-state index in [0.29, 0.717) is 22.5 Å². The first-order valence-corrected chi connectivity index (χ1v) is 10.9. The van der Waals surface area contributed by atoms with Crippen molar-refractivity contribution in [2.24, 2.45) is 0 Å². The van der Waals surface area contributed by atoms with E-state index in [-0.39, 0.29) is 11.8 Å². The molecule has 1 N–H and O–H groups in total. The van der Waals surface area contributed by atoms with Gasteiger partial charge >= 0.3 is 0 Å². The fourth-order valence-electron chi connectivity index (χ4n) is 3.00. The Hall–Kier alpha value is -3.14. The van der Waals surface area contributed by atoms with Crippen LogP contribution in [0, 0.1) is 11.6 Å². The number of carbonyl (C=O) groups excluding carboxylic acids is 1. The maximum atomic E-state index is 13.8. The molecule has 0 aliphatic carbocycles. The van der Waals surface area contributed by atoms with Crippen molar-refractivity contribution in [2.75, 3.05) is 18.2 Å². The van der Waals surface area contributed by atoms with E-state index in [1.54, 1.807) is 13.2 Å². The fraction of sp³-hybridized carbons (Fsp3) is 0.318. The molecule has 1 atom stereocenters. The summed E-state index contributed by atoms with van der Waals surface area (Å²) in [6.07, 6.45) is -0.423. The Morgan fingerprint density at radius 3 is 2.41 bits per heavy atom. The predicted octanol–water partition coefficient (Wildman–Crippen LogP) is 5.02. The van der Waals surface area contributed by atoms with E-state index in [4.69, 9.17) is 9.47 Å². The van der Waals surface area contributed by atoms with Crippen molar-refractivity contribution >= 4 is 23.4 Å². The number of benzene rings is 2. The Morgan fingerprint density at radius 1 is 1.09 bits per heavy atom. The number of anilines is 1. The molecule has 0 saturated heterocycles. The number of aromatic nitrogens is 3. The van der Waals surface area contributed by atoms with Gasteiger partial charge in [-0.15, -0.1) is 10.2 Å². The SMILES string of the molecule is COc1cccc(OC(C)c2nnc(SCC(=O)Nc3c(F)cccc3F)n2C(C)C)c1. The third-order valence-electron chi connectivity index (χ3n) is 4.48. The number of carbonyl (C=O) groups is 1. The molecule has 1 amide bonds. The van der Waals surface area contributed by atoms with Crippen LogP contribution < -0.4 is 14.8 Å². The quantitative estimate of drug-likeness (QED) is 0.450. The zero-order valence-corrected chi connectivity index (χ0v) is 19.0. The van der Waals surface area contributed by atoms with Crippen molar-refractivity contribution in [3.8, 4) is 11.5 Å². The van der Waals surface area contributed by atoms with Gasteiger partial charge in [-0.1, -0.05) is 23.9 Å². The van der Waals surface area contributed by atoms with Crippen LogP contribution >= 0.6 is 11.8 Å². The van der Waals surface area contributed by atoms with Crippen LogP contribution in [0.2, 0.25) is 0 Å². The van der Waals surface area contributed by atoms with Crippen LogP contribution in [0.3, 0.4) is 0 Å². The smallest absolute Gasteiger partial charge is 0.235 e. The highest BCUT2D eigenvalue weighted by molar-refractivity contribution is 7.99. The number of amides is 1. The summed E-state index contributed by atoms with van der Waals surface area (Å²) in [5, 5.41) is 11.2. The normalized spacial score (nSPS) is 12.0. The van der Waals surface area contributed by atoms with E-state index in [1.165, 1.54) is 6.07 Å². The highest BCUT2D eigenvalue weighted by atomic mass is 32.2. The van der Waals surface area contributed by atoms with Crippen LogP contribution in [0.25, 0.3) is 0 Å². The van der Waals surface area contributed by atoms with Crippen molar-refractivity contribution in [3.63, 3.8) is 0 Å². The molecule has 170 valence electrons. The zero-order valence-electron chi connectivity index (χ0n) is 18.1. The third kappa shape index (κ3) is 5.56. The van der Waals surface area contributed by atoms with Gasteiger partial charge in [0.2, 0.25) is 5.91 Å². The van der Waals surface area contributed by atoms with E-state index in [0.717, 1.165) is 23.9 Å². The van der Waals surface area contributed by atoms with Crippen molar-refractivity contribution in [2.45, 2.75) is 38.1 Å². The second-order valence-electron chi connectivity index (χ2n) is 7.18. The molecule has 3 rings (SSSR count). The van der Waals surface area contributed by atoms with Gasteiger partial charge < -0.3 is 19.4 Å². The van der Waals surface area contributed by atoms with Gasteiger partial charge in [-0.2, -0.15) is 0 Å². The van der Waals surface area contributed by atoms with Crippen LogP contribution in [0.4, 0.5) is 14.5 Å². The van der Waals surface area contributed by atoms with E-state index in [1.807, 2.05) is 43.5 Å². The second-order valence-corrected chi connectivity index (χ2v) is 8.12. The molecule has 0 radical (unpaired) electrons. The first-order valence-electron chi connectivity index (χ1n) is 9.92. The topological polar surface area (TPSA) is 78.3 Å². The Morgan fingerprint density at radius 2 is 1.75 bits per heavy atom. The molecule has 7 nitrogen and oxygen atoms in total. The van der Waals surface area contributed by atoms with Crippen molar-refractivity contribution in [1.82, 2.24) is 14.8 Å². The van der Waals surface area contributed by atoms with E-state index in [9.17, 15) is 13.6 Å². The largest absolute Gasteiger partial charge is 0.497 e. The Kier molecular flexibility index (Phi) is 7.68. The van der Waals surface area contributed by atoms with Crippen LogP contribution in [0.15, 0.2) is 47.6 Å². The first-order chi connectivity index (χ1) is 15.3. The Bertz CT molecular complexity index is 1070. The summed E-state index contributed by atoms with van der Waals surface area (Å²) < 4.78 is 40.6. The van der Waals surface area contributed by atoms with Gasteiger partial charge in [0, 0.05) is 12.1 Å². The average molecular weight is 463 g/mol. The monoisotopic (exact) mass is 462 g/mol. The summed E-state index contributed by atoms with van der Waals surface area (Å²) in [6, 6.07) is 10.6. The van der Waals surface area contributed by atoms with Gasteiger partial charge in [-0.25, -0.2) is 8.78 Å². The number of halogens is 2. The van der Waals surface area contributed by atoms with Crippen molar-refractivity contribution in [3.05, 3.63) is 59.9 Å². The Labute approximate surface area is 189 Å². The number of ether oxygens (including phenoxy) is 2. The molecule has 0 aliphatic heterocycles. The molecule has 0 spiro atoms. The summed E-state index contributed by atoms with van der Waals surface area (Å²) in [4.78, 5) is 12.3. The zero-order chi connectivity index (χ0) is 23.3. The minimum atomic E-state index is -0.834. The van der Waals surface area contributed by atoms with Crippen molar-refractivity contribution < 1.29 is 23.0 Å². The number of hydrogen-bond acceptors (Lipinski definition) is 6. The fourth-order valence-corrected chi connectivity index (χ4v) is 3.88. The van der Waals surface area contributed by atoms with Gasteiger partial charge in [0.05, 0.1) is 12.9 Å². The molecule has 1 heterocycles. The molecule has 10 heteroatoms. The lowest BCUT2D eigenvalue weighted by atomic mass is 10.3. The number of thioether (sulfide) groups is 1. The summed E-state index contributed by atoms with van der Waals surface area (Å²) in [6.45, 7) is 5.78. The van der Waals surface area contributed by atoms with Gasteiger partial charge in [0.15, 0.2) is 17.1 Å². The molecular formula is C22H24F2N4O3S. The summed E-state index contributed by atoms with van der Waals surface area (Å²) in [7, 11) is 1.58. The lowest BCUT2D eigenvalue weighted by Crippen LogP contribution is -2.17. The average Bonchev–Trinajstić information content (AvgIpc) is 3.19. The predicted molar refractivity (Wildman–Crippen MR) is 118 cm³/mol. The number of nitrogens with one attached hydrogen (secondary N) is 1. The number of methoxy groups -OCH3 is 1. The molecule has 0 bridgehead atoms. The molecular weight excluding hydrogens is 438 g/mol. The highest BCUT2D eigenvalue weighted by Gasteiger charge is 2.22. The maximum absolute atomic E-state index is 13.8. The molecule has 0 saturated carbocycles. The van der Waals surface area contributed by atoms with E-state index < -0.39 is 29.3 Å². The Balaban J connectivity index is 1.70. The maximum Gasteiger partial charge on any atom is 0.235 e. The van der Waals surface area contributed by atoms with Crippen LogP contribution in [-0.2, 0) is 4.79 Å². The van der Waals surface area contributed by atoms with E-state index in [2.05, 4.69) is 15.5 Å². The van der Waals surface area contributed by atoms with Gasteiger partial charge in [-0.3, -0.25) is 4.79 Å². The van der Waals surface area contributed by atoms with Crippen LogP contribution in [0.5, 0.6) is 11.5 Å². The molecule has 3 aromatic rings. The minimum Gasteiger partial charge on any atom is -0.497 e. The standard InChI is InChI=1S/C22H24F2N4O3S/c1-13(2)28-21(14(3)31-16-8-5-7-15(11-16)30-4)26-27-22(28)32-12-19(29)25-20-17(23)9-6-10-18(20)24/h5-11,13-14H,12H2,1-4H3,(H,25,29). The van der Waals surface area contributed by atoms with Gasteiger partial charge in [0.25, 0.3) is 0 Å². The molecule has 1 unspecified atom stereocenters. The third-order valence-corrected chi connectivity index (χ3v) is 5.43. The second kappa shape index (κ2) is 10.4. The molecule has 0 fully saturated rings. The van der Waals surface area contributed by atoms with Gasteiger partial charge in [0.1, 0.15) is 28.8 Å².